The number of aromatic nitrogens is 2. The van der Waals surface area contributed by atoms with Crippen molar-refractivity contribution in [1.82, 2.24) is 10.2 Å². The number of carbonyl (C=O) groups is 2. The zero-order chi connectivity index (χ0) is 20.6. The summed E-state index contributed by atoms with van der Waals surface area (Å²) < 4.78 is 5.15. The predicted molar refractivity (Wildman–Crippen MR) is 114 cm³/mol. The monoisotopic (exact) mass is 410 g/mol. The maximum absolute atomic E-state index is 12.7. The number of unbranched alkanes of at least 4 members (excludes halogenated alkanes) is 1. The molecule has 0 spiro atoms. The van der Waals surface area contributed by atoms with Crippen LogP contribution < -0.4 is 15.4 Å². The quantitative estimate of drug-likeness (QED) is 0.566. The van der Waals surface area contributed by atoms with Crippen molar-refractivity contribution in [2.45, 2.75) is 26.2 Å². The van der Waals surface area contributed by atoms with E-state index < -0.39 is 0 Å². The molecule has 0 aliphatic carbocycles. The number of anilines is 2. The zero-order valence-electron chi connectivity index (χ0n) is 16.3. The number of carbonyl (C=O) groups excluding carboxylic acids is 2. The summed E-state index contributed by atoms with van der Waals surface area (Å²) in [4.78, 5) is 24.8. The van der Waals surface area contributed by atoms with Gasteiger partial charge in [0.1, 0.15) is 10.8 Å². The molecule has 7 nitrogen and oxygen atoms in total. The van der Waals surface area contributed by atoms with Crippen molar-refractivity contribution < 1.29 is 14.3 Å². The van der Waals surface area contributed by atoms with Gasteiger partial charge in [-0.15, -0.1) is 10.2 Å². The molecular formula is C21H22N4O3S. The standard InChI is InChI=1S/C21H22N4O3S/c1-3-4-9-18(26)22-17-8-6-5-7-16(17)19(27)23-21-25-24-20(29-21)14-10-12-15(28-2)13-11-14/h5-8,10-13H,3-4,9H2,1-2H3,(H,22,26)(H,23,25,27). The van der Waals surface area contributed by atoms with Crippen molar-refractivity contribution in [3.05, 3.63) is 54.1 Å². The summed E-state index contributed by atoms with van der Waals surface area (Å²) >= 11 is 1.27. The Morgan fingerprint density at radius 3 is 2.52 bits per heavy atom. The molecule has 29 heavy (non-hydrogen) atoms. The lowest BCUT2D eigenvalue weighted by molar-refractivity contribution is -0.116. The molecule has 150 valence electrons. The van der Waals surface area contributed by atoms with E-state index in [1.165, 1.54) is 11.3 Å². The van der Waals surface area contributed by atoms with Crippen LogP contribution in [0.1, 0.15) is 36.5 Å². The highest BCUT2D eigenvalue weighted by Gasteiger charge is 2.15. The summed E-state index contributed by atoms with van der Waals surface area (Å²) in [7, 11) is 1.61. The van der Waals surface area contributed by atoms with Gasteiger partial charge in [-0.25, -0.2) is 0 Å². The summed E-state index contributed by atoms with van der Waals surface area (Å²) in [5, 5.41) is 14.8. The zero-order valence-corrected chi connectivity index (χ0v) is 17.1. The van der Waals surface area contributed by atoms with Crippen molar-refractivity contribution in [3.63, 3.8) is 0 Å². The summed E-state index contributed by atoms with van der Waals surface area (Å²) in [5.74, 6) is 0.294. The Balaban J connectivity index is 1.71. The lowest BCUT2D eigenvalue weighted by Gasteiger charge is -2.10. The molecule has 0 saturated carbocycles. The second kappa shape index (κ2) is 9.79. The molecule has 0 unspecified atom stereocenters. The van der Waals surface area contributed by atoms with Crippen LogP contribution in [0.15, 0.2) is 48.5 Å². The second-order valence-electron chi connectivity index (χ2n) is 6.29. The molecule has 0 aliphatic heterocycles. The van der Waals surface area contributed by atoms with Crippen LogP contribution in [0, 0.1) is 0 Å². The first-order valence-electron chi connectivity index (χ1n) is 9.29. The molecule has 0 radical (unpaired) electrons. The van der Waals surface area contributed by atoms with Gasteiger partial charge >= 0.3 is 0 Å². The van der Waals surface area contributed by atoms with Crippen LogP contribution in [0.5, 0.6) is 5.75 Å². The smallest absolute Gasteiger partial charge is 0.259 e. The fourth-order valence-electron chi connectivity index (χ4n) is 2.63. The van der Waals surface area contributed by atoms with Gasteiger partial charge in [0.2, 0.25) is 11.0 Å². The van der Waals surface area contributed by atoms with Gasteiger partial charge < -0.3 is 10.1 Å². The van der Waals surface area contributed by atoms with Crippen molar-refractivity contribution >= 4 is 34.0 Å². The van der Waals surface area contributed by atoms with Crippen LogP contribution in [-0.4, -0.2) is 29.1 Å². The van der Waals surface area contributed by atoms with Crippen LogP contribution in [0.3, 0.4) is 0 Å². The minimum absolute atomic E-state index is 0.107. The molecule has 1 aromatic heterocycles. The molecule has 3 aromatic rings. The molecule has 1 heterocycles. The third-order valence-corrected chi connectivity index (χ3v) is 5.07. The summed E-state index contributed by atoms with van der Waals surface area (Å²) in [6, 6.07) is 14.3. The van der Waals surface area contributed by atoms with E-state index in [2.05, 4.69) is 20.8 Å². The Morgan fingerprint density at radius 1 is 1.03 bits per heavy atom. The van der Waals surface area contributed by atoms with Gasteiger partial charge in [-0.1, -0.05) is 36.8 Å². The largest absolute Gasteiger partial charge is 0.497 e. The van der Waals surface area contributed by atoms with Gasteiger partial charge in [-0.2, -0.15) is 0 Å². The minimum atomic E-state index is -0.353. The minimum Gasteiger partial charge on any atom is -0.497 e. The van der Waals surface area contributed by atoms with Crippen molar-refractivity contribution in [1.29, 1.82) is 0 Å². The number of rotatable bonds is 8. The van der Waals surface area contributed by atoms with E-state index in [1.54, 1.807) is 31.4 Å². The summed E-state index contributed by atoms with van der Waals surface area (Å²) in [6.45, 7) is 2.02. The molecule has 0 atom stereocenters. The predicted octanol–water partition coefficient (Wildman–Crippen LogP) is 4.59. The number of benzene rings is 2. The molecular weight excluding hydrogens is 388 g/mol. The van der Waals surface area contributed by atoms with E-state index in [4.69, 9.17) is 4.74 Å². The summed E-state index contributed by atoms with van der Waals surface area (Å²) in [6.07, 6.45) is 2.16. The number of hydrogen-bond donors (Lipinski definition) is 2. The van der Waals surface area contributed by atoms with Crippen molar-refractivity contribution in [3.8, 4) is 16.3 Å². The molecule has 8 heteroatoms. The third kappa shape index (κ3) is 5.39. The fraction of sp³-hybridized carbons (Fsp3) is 0.238. The van der Waals surface area contributed by atoms with Crippen molar-refractivity contribution in [2.75, 3.05) is 17.7 Å². The van der Waals surface area contributed by atoms with Crippen LogP contribution in [0.4, 0.5) is 10.8 Å². The second-order valence-corrected chi connectivity index (χ2v) is 7.27. The van der Waals surface area contributed by atoms with Gasteiger partial charge in [-0.05, 0) is 42.8 Å². The van der Waals surface area contributed by atoms with E-state index in [0.29, 0.717) is 27.8 Å². The Kier molecular flexibility index (Phi) is 6.91. The third-order valence-electron chi connectivity index (χ3n) is 4.19. The highest BCUT2D eigenvalue weighted by atomic mass is 32.1. The van der Waals surface area contributed by atoms with Gasteiger partial charge in [0.05, 0.1) is 18.4 Å². The molecule has 3 rings (SSSR count). The Labute approximate surface area is 173 Å². The van der Waals surface area contributed by atoms with E-state index in [1.807, 2.05) is 31.2 Å². The Morgan fingerprint density at radius 2 is 1.79 bits per heavy atom. The topological polar surface area (TPSA) is 93.2 Å². The van der Waals surface area contributed by atoms with Crippen molar-refractivity contribution in [2.24, 2.45) is 0 Å². The van der Waals surface area contributed by atoms with E-state index in [-0.39, 0.29) is 11.8 Å². The maximum Gasteiger partial charge on any atom is 0.259 e. The number of para-hydroxylation sites is 1. The van der Waals surface area contributed by atoms with Crippen LogP contribution in [0.25, 0.3) is 10.6 Å². The van der Waals surface area contributed by atoms with Crippen LogP contribution >= 0.6 is 11.3 Å². The Bertz CT molecular complexity index is 986. The first kappa shape index (κ1) is 20.5. The van der Waals surface area contributed by atoms with E-state index >= 15 is 0 Å². The van der Waals surface area contributed by atoms with Crippen LogP contribution in [-0.2, 0) is 4.79 Å². The Hall–Kier alpha value is -3.26. The normalized spacial score (nSPS) is 10.4. The lowest BCUT2D eigenvalue weighted by atomic mass is 10.1. The average molecular weight is 410 g/mol. The first-order chi connectivity index (χ1) is 14.1. The number of nitrogens with zero attached hydrogens (tertiary/aromatic N) is 2. The van der Waals surface area contributed by atoms with Gasteiger partial charge in [-0.3, -0.25) is 14.9 Å². The van der Waals surface area contributed by atoms with Gasteiger partial charge in [0, 0.05) is 12.0 Å². The molecule has 0 bridgehead atoms. The maximum atomic E-state index is 12.7. The number of amides is 2. The average Bonchev–Trinajstić information content (AvgIpc) is 3.21. The fourth-order valence-corrected chi connectivity index (χ4v) is 3.37. The molecule has 2 N–H and O–H groups in total. The lowest BCUT2D eigenvalue weighted by Crippen LogP contribution is -2.18. The van der Waals surface area contributed by atoms with E-state index in [0.717, 1.165) is 24.2 Å². The first-order valence-corrected chi connectivity index (χ1v) is 10.1. The number of nitrogens with one attached hydrogen (secondary N) is 2. The number of hydrogen-bond acceptors (Lipinski definition) is 6. The van der Waals surface area contributed by atoms with E-state index in [9.17, 15) is 9.59 Å². The molecule has 2 aromatic carbocycles. The highest BCUT2D eigenvalue weighted by molar-refractivity contribution is 7.18. The number of ether oxygens (including phenoxy) is 1. The van der Waals surface area contributed by atoms with Gasteiger partial charge in [0.15, 0.2) is 0 Å². The molecule has 0 saturated heterocycles. The highest BCUT2D eigenvalue weighted by Crippen LogP contribution is 2.28. The SMILES string of the molecule is CCCCC(=O)Nc1ccccc1C(=O)Nc1nnc(-c2ccc(OC)cc2)s1. The summed E-state index contributed by atoms with van der Waals surface area (Å²) in [5.41, 5.74) is 1.73. The molecule has 0 aliphatic rings. The van der Waals surface area contributed by atoms with Crippen LogP contribution in [0.2, 0.25) is 0 Å². The van der Waals surface area contributed by atoms with Gasteiger partial charge in [0.25, 0.3) is 5.91 Å². The molecule has 0 fully saturated rings. The number of methoxy groups -OCH3 is 1. The molecule has 2 amide bonds.